The molecule has 0 amide bonds. The van der Waals surface area contributed by atoms with Crippen molar-refractivity contribution in [3.8, 4) is 0 Å². The summed E-state index contributed by atoms with van der Waals surface area (Å²) < 4.78 is 5.14. The number of nitrogens with zero attached hydrogens (tertiary/aromatic N) is 1. The first-order valence-corrected chi connectivity index (χ1v) is 5.60. The Labute approximate surface area is 87.6 Å². The van der Waals surface area contributed by atoms with Crippen molar-refractivity contribution in [1.82, 2.24) is 4.90 Å². The van der Waals surface area contributed by atoms with Crippen LogP contribution in [0.2, 0.25) is 0 Å². The van der Waals surface area contributed by atoms with E-state index >= 15 is 0 Å². The zero-order chi connectivity index (χ0) is 10.6. The highest BCUT2D eigenvalue weighted by Gasteiger charge is 2.23. The van der Waals surface area contributed by atoms with E-state index in [4.69, 9.17) is 10.5 Å². The van der Waals surface area contributed by atoms with Crippen LogP contribution < -0.4 is 5.73 Å². The first-order valence-electron chi connectivity index (χ1n) is 5.60. The molecule has 3 nitrogen and oxygen atoms in total. The number of ether oxygens (including phenoxy) is 1. The maximum absolute atomic E-state index is 5.98. The zero-order valence-corrected chi connectivity index (χ0v) is 9.70. The van der Waals surface area contributed by atoms with Crippen LogP contribution in [0, 0.1) is 11.8 Å². The van der Waals surface area contributed by atoms with Gasteiger partial charge >= 0.3 is 0 Å². The van der Waals surface area contributed by atoms with Gasteiger partial charge in [-0.3, -0.25) is 0 Å². The molecule has 0 spiro atoms. The van der Waals surface area contributed by atoms with Crippen molar-refractivity contribution in [3.63, 3.8) is 0 Å². The predicted octanol–water partition coefficient (Wildman–Crippen LogP) is 0.938. The topological polar surface area (TPSA) is 38.5 Å². The van der Waals surface area contributed by atoms with Crippen LogP contribution >= 0.6 is 0 Å². The molecule has 3 heteroatoms. The number of methoxy groups -OCH3 is 1. The van der Waals surface area contributed by atoms with Crippen LogP contribution in [0.4, 0.5) is 0 Å². The third-order valence-electron chi connectivity index (χ3n) is 3.08. The Balaban J connectivity index is 2.25. The van der Waals surface area contributed by atoms with E-state index in [-0.39, 0.29) is 0 Å². The molecular weight excluding hydrogens is 176 g/mol. The lowest BCUT2D eigenvalue weighted by atomic mass is 9.94. The number of hydrogen-bond donors (Lipinski definition) is 1. The van der Waals surface area contributed by atoms with Crippen molar-refractivity contribution in [3.05, 3.63) is 0 Å². The summed E-state index contributed by atoms with van der Waals surface area (Å²) in [6.07, 6.45) is 1.14. The van der Waals surface area contributed by atoms with Gasteiger partial charge in [-0.2, -0.15) is 0 Å². The lowest BCUT2D eigenvalue weighted by molar-refractivity contribution is 0.102. The van der Waals surface area contributed by atoms with E-state index in [1.54, 1.807) is 7.11 Å². The van der Waals surface area contributed by atoms with E-state index in [9.17, 15) is 0 Å². The largest absolute Gasteiger partial charge is 0.384 e. The molecule has 84 valence electrons. The highest BCUT2D eigenvalue weighted by atomic mass is 16.5. The summed E-state index contributed by atoms with van der Waals surface area (Å²) in [4.78, 5) is 2.51. The number of piperidine rings is 1. The second-order valence-electron chi connectivity index (χ2n) is 4.75. The van der Waals surface area contributed by atoms with Gasteiger partial charge in [0.1, 0.15) is 0 Å². The summed E-state index contributed by atoms with van der Waals surface area (Å²) in [6.45, 7) is 8.79. The molecule has 0 aromatic carbocycles. The number of likely N-dealkylation sites (tertiary alicyclic amines) is 1. The maximum Gasteiger partial charge on any atom is 0.0500 e. The van der Waals surface area contributed by atoms with Crippen molar-refractivity contribution in [2.75, 3.05) is 33.4 Å². The van der Waals surface area contributed by atoms with Gasteiger partial charge in [-0.1, -0.05) is 13.8 Å². The van der Waals surface area contributed by atoms with Crippen LogP contribution in [-0.2, 0) is 4.74 Å². The number of nitrogens with two attached hydrogens (primary N) is 1. The Morgan fingerprint density at radius 1 is 1.57 bits per heavy atom. The third-order valence-corrected chi connectivity index (χ3v) is 3.08. The monoisotopic (exact) mass is 200 g/mol. The summed E-state index contributed by atoms with van der Waals surface area (Å²) in [7, 11) is 1.77. The quantitative estimate of drug-likeness (QED) is 0.734. The van der Waals surface area contributed by atoms with Gasteiger partial charge in [0.15, 0.2) is 0 Å². The first kappa shape index (κ1) is 12.0. The van der Waals surface area contributed by atoms with Gasteiger partial charge in [-0.25, -0.2) is 0 Å². The minimum Gasteiger partial charge on any atom is -0.384 e. The summed E-state index contributed by atoms with van der Waals surface area (Å²) in [5.41, 5.74) is 5.98. The van der Waals surface area contributed by atoms with E-state index in [1.165, 1.54) is 0 Å². The van der Waals surface area contributed by atoms with E-state index in [0.29, 0.717) is 17.9 Å². The molecule has 1 fully saturated rings. The Bertz CT molecular complexity index is 163. The van der Waals surface area contributed by atoms with Crippen LogP contribution in [-0.4, -0.2) is 44.3 Å². The fourth-order valence-electron chi connectivity index (χ4n) is 2.19. The molecule has 0 aromatic heterocycles. The highest BCUT2D eigenvalue weighted by molar-refractivity contribution is 4.80. The van der Waals surface area contributed by atoms with Gasteiger partial charge in [-0.05, 0) is 24.8 Å². The normalized spacial score (nSPS) is 31.7. The van der Waals surface area contributed by atoms with Gasteiger partial charge in [0.2, 0.25) is 0 Å². The fourth-order valence-corrected chi connectivity index (χ4v) is 2.19. The van der Waals surface area contributed by atoms with Crippen LogP contribution in [0.5, 0.6) is 0 Å². The Hall–Kier alpha value is -0.120. The van der Waals surface area contributed by atoms with E-state index in [1.807, 2.05) is 0 Å². The van der Waals surface area contributed by atoms with Gasteiger partial charge < -0.3 is 15.4 Å². The molecule has 3 unspecified atom stereocenters. The van der Waals surface area contributed by atoms with Gasteiger partial charge in [-0.15, -0.1) is 0 Å². The minimum atomic E-state index is 0.406. The van der Waals surface area contributed by atoms with E-state index in [0.717, 1.165) is 32.7 Å². The molecule has 0 aromatic rings. The number of rotatable bonds is 4. The SMILES string of the molecule is COCC(C)CN1CCC(N)C(C)C1. The fraction of sp³-hybridized carbons (Fsp3) is 1.00. The molecule has 2 N–H and O–H groups in total. The van der Waals surface area contributed by atoms with Crippen molar-refractivity contribution in [2.45, 2.75) is 26.3 Å². The molecule has 0 radical (unpaired) electrons. The third kappa shape index (κ3) is 3.56. The minimum absolute atomic E-state index is 0.406. The van der Waals surface area contributed by atoms with Crippen LogP contribution in [0.25, 0.3) is 0 Å². The predicted molar refractivity (Wildman–Crippen MR) is 59.2 cm³/mol. The van der Waals surface area contributed by atoms with Gasteiger partial charge in [0.25, 0.3) is 0 Å². The Kier molecular flexibility index (Phi) is 4.85. The van der Waals surface area contributed by atoms with Crippen molar-refractivity contribution >= 4 is 0 Å². The summed E-state index contributed by atoms with van der Waals surface area (Å²) in [5.74, 6) is 1.26. The average Bonchev–Trinajstić information content (AvgIpc) is 2.12. The molecule has 1 saturated heterocycles. The molecule has 14 heavy (non-hydrogen) atoms. The molecule has 3 atom stereocenters. The van der Waals surface area contributed by atoms with Crippen LogP contribution in [0.1, 0.15) is 20.3 Å². The summed E-state index contributed by atoms with van der Waals surface area (Å²) in [6, 6.07) is 0.406. The van der Waals surface area contributed by atoms with Crippen molar-refractivity contribution in [2.24, 2.45) is 17.6 Å². The second kappa shape index (κ2) is 5.69. The molecule has 1 heterocycles. The lowest BCUT2D eigenvalue weighted by Crippen LogP contribution is -2.47. The number of hydrogen-bond acceptors (Lipinski definition) is 3. The molecule has 0 saturated carbocycles. The molecule has 0 aliphatic carbocycles. The standard InChI is InChI=1S/C11H24N2O/c1-9(8-14-3)6-13-5-4-11(12)10(2)7-13/h9-11H,4-8,12H2,1-3H3. The molecular formula is C11H24N2O. The van der Waals surface area contributed by atoms with Crippen molar-refractivity contribution < 1.29 is 4.74 Å². The average molecular weight is 200 g/mol. The summed E-state index contributed by atoms with van der Waals surface area (Å²) in [5, 5.41) is 0. The smallest absolute Gasteiger partial charge is 0.0500 e. The zero-order valence-electron chi connectivity index (χ0n) is 9.70. The molecule has 1 rings (SSSR count). The lowest BCUT2D eigenvalue weighted by Gasteiger charge is -2.36. The highest BCUT2D eigenvalue weighted by Crippen LogP contribution is 2.15. The molecule has 1 aliphatic rings. The van der Waals surface area contributed by atoms with Crippen LogP contribution in [0.3, 0.4) is 0 Å². The first-order chi connectivity index (χ1) is 6.63. The van der Waals surface area contributed by atoms with E-state index in [2.05, 4.69) is 18.7 Å². The maximum atomic E-state index is 5.98. The Morgan fingerprint density at radius 2 is 2.29 bits per heavy atom. The van der Waals surface area contributed by atoms with Gasteiger partial charge in [0, 0.05) is 32.8 Å². The van der Waals surface area contributed by atoms with Crippen LogP contribution in [0.15, 0.2) is 0 Å². The van der Waals surface area contributed by atoms with Crippen molar-refractivity contribution in [1.29, 1.82) is 0 Å². The summed E-state index contributed by atoms with van der Waals surface area (Å²) >= 11 is 0. The Morgan fingerprint density at radius 3 is 2.86 bits per heavy atom. The molecule has 0 bridgehead atoms. The second-order valence-corrected chi connectivity index (χ2v) is 4.75. The van der Waals surface area contributed by atoms with Gasteiger partial charge in [0.05, 0.1) is 0 Å². The molecule has 1 aliphatic heterocycles. The van der Waals surface area contributed by atoms with E-state index < -0.39 is 0 Å².